The minimum absolute atomic E-state index is 0.0476. The molecule has 1 saturated heterocycles. The number of hydrogen-bond acceptors (Lipinski definition) is 3. The first-order valence-electron chi connectivity index (χ1n) is 5.87. The number of rotatable bonds is 4. The molecule has 1 heterocycles. The van der Waals surface area contributed by atoms with E-state index in [-0.39, 0.29) is 35.4 Å². The van der Waals surface area contributed by atoms with Gasteiger partial charge in [-0.25, -0.2) is 4.79 Å². The van der Waals surface area contributed by atoms with Gasteiger partial charge in [-0.05, 0) is 29.6 Å². The van der Waals surface area contributed by atoms with Gasteiger partial charge in [0.25, 0.3) is 0 Å². The van der Waals surface area contributed by atoms with Gasteiger partial charge in [-0.3, -0.25) is 4.79 Å². The first kappa shape index (κ1) is 14.2. The second-order valence-electron chi connectivity index (χ2n) is 4.46. The van der Waals surface area contributed by atoms with Crippen molar-refractivity contribution < 1.29 is 14.7 Å². The molecule has 0 bridgehead atoms. The van der Waals surface area contributed by atoms with E-state index in [1.54, 1.807) is 0 Å². The van der Waals surface area contributed by atoms with Crippen LogP contribution in [0.2, 0.25) is 5.02 Å². The number of aromatic carboxylic acids is 1. The average Bonchev–Trinajstić information content (AvgIpc) is 2.77. The van der Waals surface area contributed by atoms with Crippen LogP contribution in [0.1, 0.15) is 16.8 Å². The van der Waals surface area contributed by atoms with E-state index >= 15 is 0 Å². The summed E-state index contributed by atoms with van der Waals surface area (Å²) in [5.41, 5.74) is 8.83. The van der Waals surface area contributed by atoms with Gasteiger partial charge in [0, 0.05) is 24.4 Å². The number of nitrogens with zero attached hydrogens (tertiary/aromatic N) is 4. The second kappa shape index (κ2) is 5.81. The van der Waals surface area contributed by atoms with Crippen LogP contribution in [-0.2, 0) is 4.79 Å². The van der Waals surface area contributed by atoms with E-state index in [1.807, 2.05) is 0 Å². The molecule has 2 rings (SSSR count). The lowest BCUT2D eigenvalue weighted by Crippen LogP contribution is -2.25. The van der Waals surface area contributed by atoms with E-state index < -0.39 is 5.97 Å². The third kappa shape index (κ3) is 2.84. The lowest BCUT2D eigenvalue weighted by molar-refractivity contribution is -0.117. The molecule has 20 heavy (non-hydrogen) atoms. The van der Waals surface area contributed by atoms with Gasteiger partial charge in [0.05, 0.1) is 16.3 Å². The summed E-state index contributed by atoms with van der Waals surface area (Å²) >= 11 is 6.03. The van der Waals surface area contributed by atoms with Crippen molar-refractivity contribution in [2.45, 2.75) is 6.42 Å². The molecule has 1 aromatic rings. The fraction of sp³-hybridized carbons (Fsp3) is 0.333. The predicted octanol–water partition coefficient (Wildman–Crippen LogP) is 2.70. The third-order valence-corrected chi connectivity index (χ3v) is 3.40. The summed E-state index contributed by atoms with van der Waals surface area (Å²) in [5.74, 6) is -1.24. The third-order valence-electron chi connectivity index (χ3n) is 3.09. The van der Waals surface area contributed by atoms with Gasteiger partial charge in [-0.15, -0.1) is 0 Å². The summed E-state index contributed by atoms with van der Waals surface area (Å²) in [6.07, 6.45) is 0.288. The van der Waals surface area contributed by atoms with Crippen LogP contribution in [0.5, 0.6) is 0 Å². The molecule has 0 aromatic heterocycles. The smallest absolute Gasteiger partial charge is 0.335 e. The van der Waals surface area contributed by atoms with Crippen LogP contribution in [-0.4, -0.2) is 30.1 Å². The summed E-state index contributed by atoms with van der Waals surface area (Å²) in [7, 11) is 0. The fourth-order valence-corrected chi connectivity index (χ4v) is 2.43. The Bertz CT molecular complexity index is 613. The van der Waals surface area contributed by atoms with Crippen LogP contribution in [0.25, 0.3) is 10.4 Å². The Morgan fingerprint density at radius 3 is 2.95 bits per heavy atom. The van der Waals surface area contributed by atoms with E-state index in [0.29, 0.717) is 12.2 Å². The zero-order chi connectivity index (χ0) is 14.7. The van der Waals surface area contributed by atoms with Gasteiger partial charge in [-0.2, -0.15) is 0 Å². The molecule has 0 aliphatic carbocycles. The highest BCUT2D eigenvalue weighted by atomic mass is 35.5. The quantitative estimate of drug-likeness (QED) is 0.524. The number of carboxylic acids is 1. The maximum atomic E-state index is 11.9. The highest BCUT2D eigenvalue weighted by molar-refractivity contribution is 6.34. The maximum absolute atomic E-state index is 11.9. The van der Waals surface area contributed by atoms with Gasteiger partial charge in [-0.1, -0.05) is 16.7 Å². The Morgan fingerprint density at radius 2 is 2.35 bits per heavy atom. The van der Waals surface area contributed by atoms with Crippen molar-refractivity contribution in [3.05, 3.63) is 39.2 Å². The Labute approximate surface area is 119 Å². The highest BCUT2D eigenvalue weighted by Crippen LogP contribution is 2.32. The second-order valence-corrected chi connectivity index (χ2v) is 4.87. The van der Waals surface area contributed by atoms with Crippen molar-refractivity contribution in [1.29, 1.82) is 0 Å². The van der Waals surface area contributed by atoms with Crippen LogP contribution < -0.4 is 4.90 Å². The number of carboxylic acid groups (broad SMARTS) is 1. The molecule has 7 nitrogen and oxygen atoms in total. The molecule has 0 radical (unpaired) electrons. The number of anilines is 1. The first-order chi connectivity index (χ1) is 9.52. The van der Waals surface area contributed by atoms with Crippen LogP contribution >= 0.6 is 11.6 Å². The van der Waals surface area contributed by atoms with Crippen molar-refractivity contribution in [2.75, 3.05) is 18.0 Å². The molecule has 1 amide bonds. The minimum atomic E-state index is -1.08. The lowest BCUT2D eigenvalue weighted by Gasteiger charge is -2.18. The van der Waals surface area contributed by atoms with E-state index in [4.69, 9.17) is 22.2 Å². The van der Waals surface area contributed by atoms with Crippen LogP contribution in [0, 0.1) is 5.92 Å². The number of hydrogen-bond donors (Lipinski definition) is 1. The van der Waals surface area contributed by atoms with Crippen LogP contribution in [0.4, 0.5) is 5.69 Å². The van der Waals surface area contributed by atoms with E-state index in [0.717, 1.165) is 0 Å². The molecule has 1 unspecified atom stereocenters. The number of amides is 1. The van der Waals surface area contributed by atoms with Crippen molar-refractivity contribution >= 4 is 29.2 Å². The van der Waals surface area contributed by atoms with Gasteiger partial charge < -0.3 is 10.0 Å². The molecule has 1 atom stereocenters. The Hall–Kier alpha value is -2.24. The molecular formula is C12H11ClN4O3. The zero-order valence-corrected chi connectivity index (χ0v) is 11.1. The van der Waals surface area contributed by atoms with E-state index in [9.17, 15) is 9.59 Å². The zero-order valence-electron chi connectivity index (χ0n) is 10.4. The summed E-state index contributed by atoms with van der Waals surface area (Å²) in [5, 5.41) is 12.5. The maximum Gasteiger partial charge on any atom is 0.335 e. The minimum Gasteiger partial charge on any atom is -0.478 e. The summed E-state index contributed by atoms with van der Waals surface area (Å²) < 4.78 is 0. The predicted molar refractivity (Wildman–Crippen MR) is 72.9 cm³/mol. The standard InChI is InChI=1S/C12H11ClN4O3/c13-9-4-8(12(19)20)1-2-10(9)17-6-7(3-11(17)18)5-15-16-14/h1-2,4,7H,3,5-6H2,(H,19,20). The number of azide groups is 1. The number of halogens is 1. The average molecular weight is 295 g/mol. The number of carbonyl (C=O) groups excluding carboxylic acids is 1. The van der Waals surface area contributed by atoms with Crippen LogP contribution in [0.15, 0.2) is 23.3 Å². The summed E-state index contributed by atoms with van der Waals surface area (Å²) in [4.78, 5) is 26.9. The molecule has 0 spiro atoms. The molecule has 0 saturated carbocycles. The first-order valence-corrected chi connectivity index (χ1v) is 6.24. The molecule has 104 valence electrons. The molecule has 1 fully saturated rings. The number of carbonyl (C=O) groups is 2. The molecule has 8 heteroatoms. The van der Waals surface area contributed by atoms with E-state index in [2.05, 4.69) is 10.0 Å². The molecule has 1 aromatic carbocycles. The van der Waals surface area contributed by atoms with Crippen LogP contribution in [0.3, 0.4) is 0 Å². The number of benzene rings is 1. The van der Waals surface area contributed by atoms with Gasteiger partial charge in [0.2, 0.25) is 5.91 Å². The fourth-order valence-electron chi connectivity index (χ4n) is 2.15. The topological polar surface area (TPSA) is 106 Å². The summed E-state index contributed by atoms with van der Waals surface area (Å²) in [6.45, 7) is 0.660. The van der Waals surface area contributed by atoms with Gasteiger partial charge in [0.1, 0.15) is 0 Å². The highest BCUT2D eigenvalue weighted by Gasteiger charge is 2.31. The van der Waals surface area contributed by atoms with Crippen molar-refractivity contribution in [3.63, 3.8) is 0 Å². The molecule has 1 aliphatic rings. The monoisotopic (exact) mass is 294 g/mol. The Morgan fingerprint density at radius 1 is 1.60 bits per heavy atom. The Kier molecular flexibility index (Phi) is 4.12. The van der Waals surface area contributed by atoms with Gasteiger partial charge >= 0.3 is 5.97 Å². The van der Waals surface area contributed by atoms with Crippen molar-refractivity contribution in [3.8, 4) is 0 Å². The lowest BCUT2D eigenvalue weighted by atomic mass is 10.1. The van der Waals surface area contributed by atoms with Gasteiger partial charge in [0.15, 0.2) is 0 Å². The normalized spacial score (nSPS) is 17.9. The molecular weight excluding hydrogens is 284 g/mol. The van der Waals surface area contributed by atoms with Crippen molar-refractivity contribution in [1.82, 2.24) is 0 Å². The largest absolute Gasteiger partial charge is 0.478 e. The Balaban J connectivity index is 2.21. The van der Waals surface area contributed by atoms with Crippen molar-refractivity contribution in [2.24, 2.45) is 11.0 Å². The van der Waals surface area contributed by atoms with E-state index in [1.165, 1.54) is 23.1 Å². The summed E-state index contributed by atoms with van der Waals surface area (Å²) in [6, 6.07) is 4.23. The molecule has 1 N–H and O–H groups in total. The SMILES string of the molecule is [N-]=[N+]=NCC1CC(=O)N(c2ccc(C(=O)O)cc2Cl)C1. The molecule has 1 aliphatic heterocycles.